The van der Waals surface area contributed by atoms with Crippen LogP contribution in [-0.4, -0.2) is 29.5 Å². The van der Waals surface area contributed by atoms with Gasteiger partial charge in [-0.15, -0.1) is 0 Å². The van der Waals surface area contributed by atoms with Crippen LogP contribution in [0.5, 0.6) is 5.75 Å². The summed E-state index contributed by atoms with van der Waals surface area (Å²) in [4.78, 5) is 26.1. The first-order valence-electron chi connectivity index (χ1n) is 4.14. The number of anilines is 1. The van der Waals surface area contributed by atoms with Crippen molar-refractivity contribution in [1.29, 1.82) is 0 Å². The molecule has 0 aromatic carbocycles. The largest absolute Gasteiger partial charge is 0.477 e. The first-order chi connectivity index (χ1) is 7.09. The van der Waals surface area contributed by atoms with E-state index in [0.29, 0.717) is 5.75 Å². The molecular formula is C8H7N3O4. The van der Waals surface area contributed by atoms with Gasteiger partial charge in [0.05, 0.1) is 0 Å². The standard InChI is InChI=1S/C8H7N3O4/c1-10-7(12)4-15-5-2-3-6(11(13)14)9-8(5)10/h2-3H,4H2,1H3. The predicted molar refractivity (Wildman–Crippen MR) is 49.8 cm³/mol. The summed E-state index contributed by atoms with van der Waals surface area (Å²) in [5.74, 6) is -0.0300. The number of aromatic nitrogens is 1. The Morgan fingerprint density at radius 2 is 2.33 bits per heavy atom. The van der Waals surface area contributed by atoms with Crippen molar-refractivity contribution in [2.75, 3.05) is 18.6 Å². The Balaban J connectivity index is 2.50. The number of carbonyl (C=O) groups is 1. The number of rotatable bonds is 1. The van der Waals surface area contributed by atoms with Crippen LogP contribution in [0.1, 0.15) is 0 Å². The maximum absolute atomic E-state index is 11.2. The topological polar surface area (TPSA) is 85.6 Å². The van der Waals surface area contributed by atoms with Crippen LogP contribution in [0.25, 0.3) is 0 Å². The molecule has 2 heterocycles. The number of amides is 1. The Morgan fingerprint density at radius 3 is 3.00 bits per heavy atom. The number of fused-ring (bicyclic) bond motifs is 1. The van der Waals surface area contributed by atoms with Crippen LogP contribution >= 0.6 is 0 Å². The van der Waals surface area contributed by atoms with E-state index in [-0.39, 0.29) is 24.1 Å². The number of carbonyl (C=O) groups excluding carboxylic acids is 1. The molecular weight excluding hydrogens is 202 g/mol. The van der Waals surface area contributed by atoms with E-state index >= 15 is 0 Å². The molecule has 0 saturated carbocycles. The summed E-state index contributed by atoms with van der Waals surface area (Å²) in [6, 6.07) is 2.67. The SMILES string of the molecule is CN1C(=O)COc2ccc([N+](=O)[O-])nc21. The highest BCUT2D eigenvalue weighted by Gasteiger charge is 2.29. The monoisotopic (exact) mass is 209 g/mol. The predicted octanol–water partition coefficient (Wildman–Crippen LogP) is 0.345. The second-order valence-corrected chi connectivity index (χ2v) is 2.99. The zero-order valence-electron chi connectivity index (χ0n) is 7.84. The molecule has 7 nitrogen and oxygen atoms in total. The molecule has 1 aliphatic rings. The summed E-state index contributed by atoms with van der Waals surface area (Å²) in [7, 11) is 1.50. The van der Waals surface area contributed by atoms with E-state index in [9.17, 15) is 14.9 Å². The van der Waals surface area contributed by atoms with Crippen LogP contribution in [0.3, 0.4) is 0 Å². The van der Waals surface area contributed by atoms with Crippen molar-refractivity contribution in [2.24, 2.45) is 0 Å². The summed E-state index contributed by atoms with van der Waals surface area (Å²) in [6.45, 7) is -0.0665. The number of likely N-dealkylation sites (N-methyl/N-ethyl adjacent to an activating group) is 1. The van der Waals surface area contributed by atoms with Gasteiger partial charge in [0.15, 0.2) is 12.4 Å². The number of nitrogens with zero attached hydrogens (tertiary/aromatic N) is 3. The molecule has 0 saturated heterocycles. The minimum absolute atomic E-state index is 0.0665. The molecule has 2 rings (SSSR count). The molecule has 0 fully saturated rings. The highest BCUT2D eigenvalue weighted by Crippen LogP contribution is 2.30. The van der Waals surface area contributed by atoms with Crippen molar-refractivity contribution in [3.05, 3.63) is 22.2 Å². The van der Waals surface area contributed by atoms with Crippen LogP contribution < -0.4 is 9.64 Å². The highest BCUT2D eigenvalue weighted by atomic mass is 16.6. The fraction of sp³-hybridized carbons (Fsp3) is 0.250. The first-order valence-corrected chi connectivity index (χ1v) is 4.14. The van der Waals surface area contributed by atoms with Crippen LogP contribution in [-0.2, 0) is 4.79 Å². The Hall–Kier alpha value is -2.18. The van der Waals surface area contributed by atoms with Gasteiger partial charge in [-0.2, -0.15) is 0 Å². The lowest BCUT2D eigenvalue weighted by Crippen LogP contribution is -2.36. The van der Waals surface area contributed by atoms with Crippen LogP contribution in [0.4, 0.5) is 11.6 Å². The third-order valence-electron chi connectivity index (χ3n) is 2.05. The average molecular weight is 209 g/mol. The number of hydrogen-bond acceptors (Lipinski definition) is 5. The molecule has 0 radical (unpaired) electrons. The zero-order valence-corrected chi connectivity index (χ0v) is 7.84. The van der Waals surface area contributed by atoms with Gasteiger partial charge in [0.2, 0.25) is 0 Å². The van der Waals surface area contributed by atoms with E-state index < -0.39 is 4.92 Å². The molecule has 0 atom stereocenters. The Kier molecular flexibility index (Phi) is 2.00. The molecule has 1 aromatic heterocycles. The molecule has 1 amide bonds. The molecule has 0 N–H and O–H groups in total. The quantitative estimate of drug-likeness (QED) is 0.492. The van der Waals surface area contributed by atoms with E-state index in [0.717, 1.165) is 0 Å². The fourth-order valence-electron chi connectivity index (χ4n) is 1.23. The van der Waals surface area contributed by atoms with Gasteiger partial charge in [-0.05, 0) is 16.0 Å². The van der Waals surface area contributed by atoms with Gasteiger partial charge in [-0.3, -0.25) is 9.69 Å². The van der Waals surface area contributed by atoms with E-state index in [1.165, 1.54) is 24.1 Å². The molecule has 15 heavy (non-hydrogen) atoms. The second kappa shape index (κ2) is 3.19. The minimum atomic E-state index is -0.618. The van der Waals surface area contributed by atoms with E-state index in [4.69, 9.17) is 4.74 Å². The Bertz CT molecular complexity index is 446. The van der Waals surface area contributed by atoms with Gasteiger partial charge in [0.25, 0.3) is 11.7 Å². The van der Waals surface area contributed by atoms with Crippen LogP contribution in [0, 0.1) is 10.1 Å². The maximum Gasteiger partial charge on any atom is 0.366 e. The molecule has 78 valence electrons. The van der Waals surface area contributed by atoms with Crippen molar-refractivity contribution < 1.29 is 14.5 Å². The molecule has 0 spiro atoms. The fourth-order valence-corrected chi connectivity index (χ4v) is 1.23. The van der Waals surface area contributed by atoms with E-state index in [1.807, 2.05) is 0 Å². The minimum Gasteiger partial charge on any atom is -0.477 e. The molecule has 0 bridgehead atoms. The van der Waals surface area contributed by atoms with Crippen molar-refractivity contribution in [2.45, 2.75) is 0 Å². The molecule has 1 aromatic rings. The molecule has 1 aliphatic heterocycles. The van der Waals surface area contributed by atoms with Crippen LogP contribution in [0.2, 0.25) is 0 Å². The van der Waals surface area contributed by atoms with Crippen molar-refractivity contribution in [3.8, 4) is 5.75 Å². The van der Waals surface area contributed by atoms with Crippen LogP contribution in [0.15, 0.2) is 12.1 Å². The van der Waals surface area contributed by atoms with Crippen molar-refractivity contribution >= 4 is 17.5 Å². The van der Waals surface area contributed by atoms with Gasteiger partial charge < -0.3 is 14.9 Å². The summed E-state index contributed by atoms with van der Waals surface area (Å²) in [5, 5.41) is 10.5. The number of ether oxygens (including phenoxy) is 1. The molecule has 7 heteroatoms. The normalized spacial score (nSPS) is 14.5. The summed E-state index contributed by atoms with van der Waals surface area (Å²) < 4.78 is 5.06. The van der Waals surface area contributed by atoms with Crippen molar-refractivity contribution in [1.82, 2.24) is 4.98 Å². The third-order valence-corrected chi connectivity index (χ3v) is 2.05. The zero-order chi connectivity index (χ0) is 11.0. The van der Waals surface area contributed by atoms with E-state index in [1.54, 1.807) is 0 Å². The summed E-state index contributed by atoms with van der Waals surface area (Å²) in [5.41, 5.74) is 0. The lowest BCUT2D eigenvalue weighted by Gasteiger charge is -2.21. The smallest absolute Gasteiger partial charge is 0.366 e. The van der Waals surface area contributed by atoms with Gasteiger partial charge in [0, 0.05) is 13.1 Å². The second-order valence-electron chi connectivity index (χ2n) is 2.99. The molecule has 0 aliphatic carbocycles. The Morgan fingerprint density at radius 1 is 1.60 bits per heavy atom. The first kappa shape index (κ1) is 9.38. The van der Waals surface area contributed by atoms with Gasteiger partial charge in [-0.25, -0.2) is 0 Å². The average Bonchev–Trinajstić information content (AvgIpc) is 2.23. The Labute approximate surface area is 84.4 Å². The lowest BCUT2D eigenvalue weighted by atomic mass is 10.3. The number of hydrogen-bond donors (Lipinski definition) is 0. The third kappa shape index (κ3) is 1.47. The van der Waals surface area contributed by atoms with Gasteiger partial charge in [0.1, 0.15) is 0 Å². The summed E-state index contributed by atoms with van der Waals surface area (Å²) in [6.07, 6.45) is 0. The lowest BCUT2D eigenvalue weighted by molar-refractivity contribution is -0.389. The molecule has 0 unspecified atom stereocenters. The van der Waals surface area contributed by atoms with E-state index in [2.05, 4.69) is 4.98 Å². The van der Waals surface area contributed by atoms with Gasteiger partial charge in [-0.1, -0.05) is 0 Å². The number of nitro groups is 1. The van der Waals surface area contributed by atoms with Gasteiger partial charge >= 0.3 is 5.82 Å². The van der Waals surface area contributed by atoms with Crippen molar-refractivity contribution in [3.63, 3.8) is 0 Å². The summed E-state index contributed by atoms with van der Waals surface area (Å²) >= 11 is 0. The number of pyridine rings is 1. The highest BCUT2D eigenvalue weighted by molar-refractivity contribution is 5.96. The maximum atomic E-state index is 11.2.